The van der Waals surface area contributed by atoms with Crippen molar-refractivity contribution in [1.82, 2.24) is 5.32 Å². The number of nitrogens with zero attached hydrogens (tertiary/aromatic N) is 1. The Morgan fingerprint density at radius 1 is 1.21 bits per heavy atom. The quantitative estimate of drug-likeness (QED) is 0.903. The van der Waals surface area contributed by atoms with Gasteiger partial charge in [0.25, 0.3) is 0 Å². The second kappa shape index (κ2) is 4.57. The van der Waals surface area contributed by atoms with E-state index in [9.17, 15) is 9.59 Å². The maximum atomic E-state index is 12.1. The van der Waals surface area contributed by atoms with Crippen LogP contribution in [-0.4, -0.2) is 25.1 Å². The fourth-order valence-electron chi connectivity index (χ4n) is 2.44. The molecule has 100 valence electrons. The Bertz CT molecular complexity index is 490. The average Bonchev–Trinajstić information content (AvgIpc) is 3.23. The van der Waals surface area contributed by atoms with Crippen LogP contribution < -0.4 is 15.0 Å². The molecule has 1 saturated carbocycles. The zero-order valence-corrected chi connectivity index (χ0v) is 10.8. The summed E-state index contributed by atoms with van der Waals surface area (Å²) in [5, 5.41) is 2.92. The van der Waals surface area contributed by atoms with Gasteiger partial charge >= 0.3 is 6.03 Å². The third-order valence-corrected chi connectivity index (χ3v) is 3.68. The fourth-order valence-corrected chi connectivity index (χ4v) is 2.44. The zero-order valence-electron chi connectivity index (χ0n) is 10.8. The first-order chi connectivity index (χ1) is 9.19. The number of rotatable bonds is 3. The number of benzene rings is 1. The van der Waals surface area contributed by atoms with Crippen molar-refractivity contribution in [2.24, 2.45) is 5.92 Å². The van der Waals surface area contributed by atoms with E-state index in [0.717, 1.165) is 12.8 Å². The average molecular weight is 260 g/mol. The van der Waals surface area contributed by atoms with Crippen LogP contribution >= 0.6 is 0 Å². The summed E-state index contributed by atoms with van der Waals surface area (Å²) in [5.41, 5.74) is 0.581. The lowest BCUT2D eigenvalue weighted by molar-refractivity contribution is -0.119. The summed E-state index contributed by atoms with van der Waals surface area (Å²) in [6, 6.07) is 6.61. The number of amides is 3. The van der Waals surface area contributed by atoms with Crippen LogP contribution in [0.25, 0.3) is 0 Å². The van der Waals surface area contributed by atoms with Gasteiger partial charge in [0.15, 0.2) is 0 Å². The van der Waals surface area contributed by atoms with Crippen LogP contribution in [0.15, 0.2) is 24.3 Å². The smallest absolute Gasteiger partial charge is 0.328 e. The van der Waals surface area contributed by atoms with E-state index in [2.05, 4.69) is 5.32 Å². The van der Waals surface area contributed by atoms with Crippen LogP contribution in [0.5, 0.6) is 5.75 Å². The van der Waals surface area contributed by atoms with Crippen LogP contribution in [0, 0.1) is 5.92 Å². The Morgan fingerprint density at radius 2 is 1.89 bits per heavy atom. The van der Waals surface area contributed by atoms with E-state index in [-0.39, 0.29) is 18.0 Å². The van der Waals surface area contributed by atoms with E-state index in [0.29, 0.717) is 23.8 Å². The van der Waals surface area contributed by atoms with Crippen molar-refractivity contribution in [2.75, 3.05) is 12.0 Å². The molecule has 2 aliphatic rings. The molecule has 0 bridgehead atoms. The van der Waals surface area contributed by atoms with Crippen molar-refractivity contribution < 1.29 is 14.3 Å². The summed E-state index contributed by atoms with van der Waals surface area (Å²) in [6.45, 7) is 0. The first-order valence-corrected chi connectivity index (χ1v) is 6.46. The summed E-state index contributed by atoms with van der Waals surface area (Å²) in [7, 11) is 1.58. The molecule has 1 aliphatic carbocycles. The monoisotopic (exact) mass is 260 g/mol. The van der Waals surface area contributed by atoms with Gasteiger partial charge in [-0.05, 0) is 43.0 Å². The van der Waals surface area contributed by atoms with Crippen molar-refractivity contribution in [3.05, 3.63) is 24.3 Å². The molecule has 5 nitrogen and oxygen atoms in total. The third kappa shape index (κ3) is 2.28. The van der Waals surface area contributed by atoms with Crippen molar-refractivity contribution >= 4 is 17.6 Å². The van der Waals surface area contributed by atoms with Gasteiger partial charge in [-0.2, -0.15) is 0 Å². The first-order valence-electron chi connectivity index (χ1n) is 6.46. The number of ether oxygens (including phenoxy) is 1. The Kier molecular flexibility index (Phi) is 2.89. The van der Waals surface area contributed by atoms with E-state index in [1.165, 1.54) is 4.90 Å². The molecule has 0 radical (unpaired) electrons. The number of carbonyl (C=O) groups is 2. The molecule has 2 fully saturated rings. The van der Waals surface area contributed by atoms with Crippen molar-refractivity contribution in [3.8, 4) is 5.75 Å². The van der Waals surface area contributed by atoms with Crippen molar-refractivity contribution in [1.29, 1.82) is 0 Å². The van der Waals surface area contributed by atoms with E-state index in [1.54, 1.807) is 31.4 Å². The van der Waals surface area contributed by atoms with Crippen molar-refractivity contribution in [2.45, 2.75) is 25.3 Å². The molecule has 3 rings (SSSR count). The van der Waals surface area contributed by atoms with Gasteiger partial charge in [-0.1, -0.05) is 0 Å². The molecule has 1 N–H and O–H groups in total. The second-order valence-electron chi connectivity index (χ2n) is 5.02. The lowest BCUT2D eigenvalue weighted by Crippen LogP contribution is -2.55. The highest BCUT2D eigenvalue weighted by Gasteiger charge is 2.40. The van der Waals surface area contributed by atoms with Gasteiger partial charge in [0.05, 0.1) is 12.8 Å². The maximum absolute atomic E-state index is 12.1. The minimum atomic E-state index is -0.321. The number of urea groups is 1. The highest BCUT2D eigenvalue weighted by molar-refractivity contribution is 6.16. The molecule has 1 aliphatic heterocycles. The van der Waals surface area contributed by atoms with Crippen LogP contribution in [0.1, 0.15) is 19.3 Å². The SMILES string of the molecule is COc1ccc(N2C(=O)CC(C3CC3)NC2=O)cc1. The van der Waals surface area contributed by atoms with Crippen LogP contribution in [0.3, 0.4) is 0 Å². The molecule has 5 heteroatoms. The number of imide groups is 1. The molecule has 0 spiro atoms. The molecule has 1 aromatic carbocycles. The Hall–Kier alpha value is -2.04. The molecular formula is C14H16N2O3. The van der Waals surface area contributed by atoms with E-state index in [1.807, 2.05) is 0 Å². The predicted molar refractivity (Wildman–Crippen MR) is 70.1 cm³/mol. The van der Waals surface area contributed by atoms with Gasteiger partial charge in [-0.25, -0.2) is 9.69 Å². The van der Waals surface area contributed by atoms with E-state index >= 15 is 0 Å². The molecule has 1 aromatic rings. The zero-order chi connectivity index (χ0) is 13.4. The van der Waals surface area contributed by atoms with E-state index in [4.69, 9.17) is 4.74 Å². The maximum Gasteiger partial charge on any atom is 0.328 e. The minimum absolute atomic E-state index is 0.0227. The molecular weight excluding hydrogens is 244 g/mol. The number of anilines is 1. The summed E-state index contributed by atoms with van der Waals surface area (Å²) in [4.78, 5) is 25.4. The number of methoxy groups -OCH3 is 1. The molecule has 1 saturated heterocycles. The van der Waals surface area contributed by atoms with Crippen LogP contribution in [0.2, 0.25) is 0 Å². The number of carbonyl (C=O) groups excluding carboxylic acids is 2. The summed E-state index contributed by atoms with van der Waals surface area (Å²) >= 11 is 0. The number of hydrogen-bond acceptors (Lipinski definition) is 3. The molecule has 1 unspecified atom stereocenters. The normalized spacial score (nSPS) is 23.2. The molecule has 19 heavy (non-hydrogen) atoms. The lowest BCUT2D eigenvalue weighted by Gasteiger charge is -2.31. The predicted octanol–water partition coefficient (Wildman–Crippen LogP) is 1.92. The second-order valence-corrected chi connectivity index (χ2v) is 5.02. The van der Waals surface area contributed by atoms with Gasteiger partial charge < -0.3 is 10.1 Å². The lowest BCUT2D eigenvalue weighted by atomic mass is 10.1. The summed E-state index contributed by atoms with van der Waals surface area (Å²) in [6.07, 6.45) is 2.62. The third-order valence-electron chi connectivity index (χ3n) is 3.68. The largest absolute Gasteiger partial charge is 0.497 e. The molecule has 0 aromatic heterocycles. The van der Waals surface area contributed by atoms with Gasteiger partial charge in [0, 0.05) is 12.5 Å². The Morgan fingerprint density at radius 3 is 2.42 bits per heavy atom. The van der Waals surface area contributed by atoms with Gasteiger partial charge in [0.2, 0.25) is 5.91 Å². The highest BCUT2D eigenvalue weighted by Crippen LogP contribution is 2.36. The topological polar surface area (TPSA) is 58.6 Å². The Balaban J connectivity index is 1.79. The molecule has 3 amide bonds. The number of nitrogens with one attached hydrogen (secondary N) is 1. The molecule has 1 atom stereocenters. The summed E-state index contributed by atoms with van der Waals surface area (Å²) < 4.78 is 5.06. The first kappa shape index (κ1) is 12.0. The van der Waals surface area contributed by atoms with Crippen LogP contribution in [-0.2, 0) is 4.79 Å². The van der Waals surface area contributed by atoms with Crippen LogP contribution in [0.4, 0.5) is 10.5 Å². The standard InChI is InChI=1S/C14H16N2O3/c1-19-11-6-4-10(5-7-11)16-13(17)8-12(9-2-3-9)15-14(16)18/h4-7,9,12H,2-3,8H2,1H3,(H,15,18). The van der Waals surface area contributed by atoms with Crippen molar-refractivity contribution in [3.63, 3.8) is 0 Å². The number of hydrogen-bond donors (Lipinski definition) is 1. The van der Waals surface area contributed by atoms with Gasteiger partial charge in [0.1, 0.15) is 5.75 Å². The van der Waals surface area contributed by atoms with Gasteiger partial charge in [-0.15, -0.1) is 0 Å². The summed E-state index contributed by atoms with van der Waals surface area (Å²) in [5.74, 6) is 1.06. The fraction of sp³-hybridized carbons (Fsp3) is 0.429. The molecule has 1 heterocycles. The van der Waals surface area contributed by atoms with E-state index < -0.39 is 0 Å². The van der Waals surface area contributed by atoms with Gasteiger partial charge in [-0.3, -0.25) is 4.79 Å². The highest BCUT2D eigenvalue weighted by atomic mass is 16.5. The Labute approximate surface area is 111 Å². The minimum Gasteiger partial charge on any atom is -0.497 e.